The van der Waals surface area contributed by atoms with E-state index in [0.29, 0.717) is 17.1 Å². The fraction of sp³-hybridized carbons (Fsp3) is 0.188. The highest BCUT2D eigenvalue weighted by Gasteiger charge is 2.16. The summed E-state index contributed by atoms with van der Waals surface area (Å²) in [6.07, 6.45) is 2.99. The van der Waals surface area contributed by atoms with Crippen LogP contribution in [0.15, 0.2) is 30.3 Å². The number of nitrogens with one attached hydrogen (secondary N) is 1. The number of nitrogens with zero attached hydrogens (tertiary/aromatic N) is 2. The highest BCUT2D eigenvalue weighted by molar-refractivity contribution is 5.88. The minimum absolute atomic E-state index is 0.225. The summed E-state index contributed by atoms with van der Waals surface area (Å²) >= 11 is 0. The predicted molar refractivity (Wildman–Crippen MR) is 77.7 cm³/mol. The Hall–Kier alpha value is -2.87. The Morgan fingerprint density at radius 3 is 2.71 bits per heavy atom. The summed E-state index contributed by atoms with van der Waals surface area (Å²) in [7, 11) is 0. The van der Waals surface area contributed by atoms with Gasteiger partial charge in [0.15, 0.2) is 0 Å². The number of aromatic carboxylic acids is 1. The van der Waals surface area contributed by atoms with E-state index in [1.54, 1.807) is 12.1 Å². The average Bonchev–Trinajstić information content (AvgIpc) is 2.94. The van der Waals surface area contributed by atoms with Crippen molar-refractivity contribution in [3.63, 3.8) is 0 Å². The summed E-state index contributed by atoms with van der Waals surface area (Å²) in [5.74, 6) is -0.434. The molecule has 0 bridgehead atoms. The summed E-state index contributed by atoms with van der Waals surface area (Å²) in [5, 5.41) is 21.2. The van der Waals surface area contributed by atoms with Gasteiger partial charge in [-0.15, -0.1) is 0 Å². The van der Waals surface area contributed by atoms with Crippen LogP contribution in [0.3, 0.4) is 0 Å². The molecule has 104 valence electrons. The highest BCUT2D eigenvalue weighted by Crippen LogP contribution is 2.26. The third-order valence-corrected chi connectivity index (χ3v) is 3.57. The van der Waals surface area contributed by atoms with Gasteiger partial charge in [0, 0.05) is 11.4 Å². The van der Waals surface area contributed by atoms with E-state index in [1.807, 2.05) is 6.07 Å². The maximum absolute atomic E-state index is 10.8. The van der Waals surface area contributed by atoms with E-state index in [-0.39, 0.29) is 5.56 Å². The number of hydrogen-bond donors (Lipinski definition) is 2. The molecule has 2 aromatic rings. The number of pyridine rings is 1. The molecular formula is C16H13N3O2. The van der Waals surface area contributed by atoms with Gasteiger partial charge in [-0.25, -0.2) is 9.78 Å². The molecule has 5 heteroatoms. The molecule has 3 rings (SSSR count). The van der Waals surface area contributed by atoms with Crippen molar-refractivity contribution in [2.45, 2.75) is 19.3 Å². The highest BCUT2D eigenvalue weighted by atomic mass is 16.4. The van der Waals surface area contributed by atoms with Crippen molar-refractivity contribution >= 4 is 17.5 Å². The van der Waals surface area contributed by atoms with Gasteiger partial charge in [-0.05, 0) is 55.2 Å². The van der Waals surface area contributed by atoms with Crippen molar-refractivity contribution in [1.29, 1.82) is 5.26 Å². The van der Waals surface area contributed by atoms with Crippen LogP contribution in [0.25, 0.3) is 0 Å². The fourth-order valence-electron chi connectivity index (χ4n) is 2.49. The molecule has 0 aliphatic heterocycles. The second-order valence-corrected chi connectivity index (χ2v) is 4.96. The molecule has 0 radical (unpaired) electrons. The second kappa shape index (κ2) is 5.25. The zero-order valence-corrected chi connectivity index (χ0v) is 11.3. The van der Waals surface area contributed by atoms with Gasteiger partial charge >= 0.3 is 5.97 Å². The smallest absolute Gasteiger partial charge is 0.335 e. The van der Waals surface area contributed by atoms with Crippen LogP contribution in [0.2, 0.25) is 0 Å². The van der Waals surface area contributed by atoms with Crippen LogP contribution in [0.5, 0.6) is 0 Å². The van der Waals surface area contributed by atoms with E-state index >= 15 is 0 Å². The van der Waals surface area contributed by atoms with Crippen molar-refractivity contribution < 1.29 is 9.90 Å². The zero-order valence-electron chi connectivity index (χ0n) is 11.3. The number of carbonyl (C=O) groups is 1. The number of hydrogen-bond acceptors (Lipinski definition) is 4. The van der Waals surface area contributed by atoms with Crippen LogP contribution < -0.4 is 5.32 Å². The van der Waals surface area contributed by atoms with Gasteiger partial charge in [-0.1, -0.05) is 0 Å². The quantitative estimate of drug-likeness (QED) is 0.902. The molecule has 1 aliphatic rings. The number of nitriles is 1. The normalized spacial score (nSPS) is 12.5. The first kappa shape index (κ1) is 13.1. The van der Waals surface area contributed by atoms with Crippen LogP contribution >= 0.6 is 0 Å². The van der Waals surface area contributed by atoms with Crippen LogP contribution in [0, 0.1) is 11.3 Å². The third kappa shape index (κ3) is 2.56. The summed E-state index contributed by atoms with van der Waals surface area (Å²) in [6, 6.07) is 10.4. The number of rotatable bonds is 3. The summed E-state index contributed by atoms with van der Waals surface area (Å²) in [4.78, 5) is 15.4. The Balaban J connectivity index is 1.91. The van der Waals surface area contributed by atoms with Gasteiger partial charge in [0.05, 0.1) is 11.1 Å². The largest absolute Gasteiger partial charge is 0.478 e. The van der Waals surface area contributed by atoms with E-state index in [1.165, 1.54) is 12.1 Å². The van der Waals surface area contributed by atoms with Crippen molar-refractivity contribution in [2.24, 2.45) is 0 Å². The van der Waals surface area contributed by atoms with Crippen molar-refractivity contribution in [1.82, 2.24) is 4.98 Å². The summed E-state index contributed by atoms with van der Waals surface area (Å²) in [5.41, 5.74) is 3.64. The van der Waals surface area contributed by atoms with E-state index in [9.17, 15) is 10.1 Å². The lowest BCUT2D eigenvalue weighted by Crippen LogP contribution is -2.01. The maximum Gasteiger partial charge on any atom is 0.335 e. The van der Waals surface area contributed by atoms with Gasteiger partial charge in [0.1, 0.15) is 11.9 Å². The number of fused-ring (bicyclic) bond motifs is 1. The molecule has 1 aromatic carbocycles. The Morgan fingerprint density at radius 2 is 2.05 bits per heavy atom. The van der Waals surface area contributed by atoms with Crippen molar-refractivity contribution in [3.05, 3.63) is 52.7 Å². The first-order valence-corrected chi connectivity index (χ1v) is 6.70. The van der Waals surface area contributed by atoms with E-state index in [2.05, 4.69) is 16.4 Å². The SMILES string of the molecule is N#Cc1cc2c(nc1Nc1ccc(C(=O)O)cc1)CCC2. The van der Waals surface area contributed by atoms with E-state index in [4.69, 9.17) is 5.11 Å². The Kier molecular flexibility index (Phi) is 3.28. The average molecular weight is 279 g/mol. The summed E-state index contributed by atoms with van der Waals surface area (Å²) < 4.78 is 0. The van der Waals surface area contributed by atoms with Crippen molar-refractivity contribution in [3.8, 4) is 6.07 Å². The molecule has 1 aliphatic carbocycles. The van der Waals surface area contributed by atoms with Crippen LogP contribution in [0.4, 0.5) is 11.5 Å². The predicted octanol–water partition coefficient (Wildman–Crippen LogP) is 2.88. The second-order valence-electron chi connectivity index (χ2n) is 4.96. The van der Waals surface area contributed by atoms with E-state index < -0.39 is 5.97 Å². The number of benzene rings is 1. The molecule has 5 nitrogen and oxygen atoms in total. The Labute approximate surface area is 121 Å². The fourth-order valence-corrected chi connectivity index (χ4v) is 2.49. The molecule has 0 fully saturated rings. The molecule has 1 heterocycles. The number of aryl methyl sites for hydroxylation is 2. The molecule has 21 heavy (non-hydrogen) atoms. The van der Waals surface area contributed by atoms with Gasteiger partial charge in [0.25, 0.3) is 0 Å². The molecule has 0 amide bonds. The summed E-state index contributed by atoms with van der Waals surface area (Å²) in [6.45, 7) is 0. The lowest BCUT2D eigenvalue weighted by atomic mass is 10.1. The van der Waals surface area contributed by atoms with Gasteiger partial charge in [-0.3, -0.25) is 0 Å². The standard InChI is InChI=1S/C16H13N3O2/c17-9-12-8-11-2-1-3-14(11)19-15(12)18-13-6-4-10(5-7-13)16(20)21/h4-8H,1-3H2,(H,18,19)(H,20,21). The molecule has 0 atom stereocenters. The molecule has 0 unspecified atom stereocenters. The minimum atomic E-state index is -0.963. The zero-order chi connectivity index (χ0) is 14.8. The molecule has 0 saturated carbocycles. The topological polar surface area (TPSA) is 86.0 Å². The molecule has 0 spiro atoms. The number of anilines is 2. The molecular weight excluding hydrogens is 266 g/mol. The molecule has 1 aromatic heterocycles. The minimum Gasteiger partial charge on any atom is -0.478 e. The molecule has 2 N–H and O–H groups in total. The van der Waals surface area contributed by atoms with Crippen LogP contribution in [0.1, 0.15) is 33.6 Å². The number of aromatic nitrogens is 1. The molecule has 0 saturated heterocycles. The van der Waals surface area contributed by atoms with Crippen LogP contribution in [-0.4, -0.2) is 16.1 Å². The van der Waals surface area contributed by atoms with E-state index in [0.717, 1.165) is 30.5 Å². The maximum atomic E-state index is 10.8. The van der Waals surface area contributed by atoms with Gasteiger partial charge < -0.3 is 10.4 Å². The van der Waals surface area contributed by atoms with Crippen LogP contribution in [-0.2, 0) is 12.8 Å². The first-order valence-electron chi connectivity index (χ1n) is 6.70. The number of carboxylic acid groups (broad SMARTS) is 1. The van der Waals surface area contributed by atoms with Gasteiger partial charge in [-0.2, -0.15) is 5.26 Å². The lowest BCUT2D eigenvalue weighted by Gasteiger charge is -2.10. The van der Waals surface area contributed by atoms with Gasteiger partial charge in [0.2, 0.25) is 0 Å². The Morgan fingerprint density at radius 1 is 1.29 bits per heavy atom. The lowest BCUT2D eigenvalue weighted by molar-refractivity contribution is 0.0697. The third-order valence-electron chi connectivity index (χ3n) is 3.57. The first-order chi connectivity index (χ1) is 10.2. The van der Waals surface area contributed by atoms with Crippen molar-refractivity contribution in [2.75, 3.05) is 5.32 Å². The monoisotopic (exact) mass is 279 g/mol. The Bertz CT molecular complexity index is 745. The number of carboxylic acids is 1.